The molecule has 0 bridgehead atoms. The van der Waals surface area contributed by atoms with Crippen LogP contribution in [0.5, 0.6) is 5.75 Å². The Labute approximate surface area is 197 Å². The number of H-pyrrole nitrogens is 1. The molecule has 0 amide bonds. The molecule has 0 radical (unpaired) electrons. The summed E-state index contributed by atoms with van der Waals surface area (Å²) in [4.78, 5) is 22.1. The van der Waals surface area contributed by atoms with Crippen LogP contribution in [0, 0.1) is 0 Å². The van der Waals surface area contributed by atoms with E-state index in [4.69, 9.17) is 14.5 Å². The molecule has 2 aromatic heterocycles. The Morgan fingerprint density at radius 2 is 2.18 bits per heavy atom. The normalized spacial score (nSPS) is 21.8. The first-order chi connectivity index (χ1) is 15.9. The van der Waals surface area contributed by atoms with Crippen LogP contribution in [-0.4, -0.2) is 32.0 Å². The fourth-order valence-corrected chi connectivity index (χ4v) is 5.64. The van der Waals surface area contributed by atoms with Gasteiger partial charge in [0.1, 0.15) is 12.4 Å². The lowest BCUT2D eigenvalue weighted by Gasteiger charge is -2.36. The van der Waals surface area contributed by atoms with Crippen molar-refractivity contribution >= 4 is 22.6 Å². The van der Waals surface area contributed by atoms with Crippen LogP contribution < -0.4 is 10.3 Å². The van der Waals surface area contributed by atoms with Crippen molar-refractivity contribution < 1.29 is 9.47 Å². The van der Waals surface area contributed by atoms with Gasteiger partial charge in [-0.15, -0.1) is 0 Å². The van der Waals surface area contributed by atoms with Gasteiger partial charge in [0.2, 0.25) is 0 Å². The molecule has 4 heterocycles. The van der Waals surface area contributed by atoms with E-state index in [2.05, 4.69) is 23.9 Å². The van der Waals surface area contributed by atoms with Crippen LogP contribution in [-0.2, 0) is 11.3 Å². The topological polar surface area (TPSA) is 81.5 Å². The lowest BCUT2D eigenvalue weighted by Crippen LogP contribution is -2.35. The van der Waals surface area contributed by atoms with Crippen LogP contribution in [0.3, 0.4) is 0 Å². The van der Waals surface area contributed by atoms with Gasteiger partial charge in [-0.1, -0.05) is 30.0 Å². The van der Waals surface area contributed by atoms with Gasteiger partial charge in [0, 0.05) is 24.6 Å². The summed E-state index contributed by atoms with van der Waals surface area (Å²) in [5, 5.41) is 3.89. The summed E-state index contributed by atoms with van der Waals surface area (Å²) in [6.45, 7) is 7.30. The highest BCUT2D eigenvalue weighted by molar-refractivity contribution is 8.14. The molecule has 2 aliphatic heterocycles. The average Bonchev–Trinajstić information content (AvgIpc) is 3.13. The third-order valence-corrected chi connectivity index (χ3v) is 7.25. The third-order valence-electron chi connectivity index (χ3n) is 6.08. The number of nitrogens with one attached hydrogen (secondary N) is 1. The monoisotopic (exact) mass is 464 g/mol. The van der Waals surface area contributed by atoms with Crippen molar-refractivity contribution in [2.45, 2.75) is 57.1 Å². The second kappa shape index (κ2) is 8.83. The van der Waals surface area contributed by atoms with Gasteiger partial charge in [0.05, 0.1) is 27.5 Å². The van der Waals surface area contributed by atoms with E-state index in [9.17, 15) is 4.79 Å². The molecule has 1 N–H and O–H groups in total. The Kier molecular flexibility index (Phi) is 5.88. The lowest BCUT2D eigenvalue weighted by molar-refractivity contribution is -0.0705. The summed E-state index contributed by atoms with van der Waals surface area (Å²) in [7, 11) is 0. The Bertz CT molecular complexity index is 1230. The predicted octanol–water partition coefficient (Wildman–Crippen LogP) is 5.17. The number of ether oxygens (including phenoxy) is 2. The molecule has 7 nitrogen and oxygen atoms in total. The van der Waals surface area contributed by atoms with Crippen LogP contribution >= 0.6 is 11.8 Å². The zero-order chi connectivity index (χ0) is 23.0. The number of nitrogens with zero attached hydrogens (tertiary/aromatic N) is 3. The number of aromatic amines is 1. The molecular formula is C25H28N4O3S. The summed E-state index contributed by atoms with van der Waals surface area (Å²) < 4.78 is 13.9. The van der Waals surface area contributed by atoms with Crippen LogP contribution in [0.15, 0.2) is 58.6 Å². The predicted molar refractivity (Wildman–Crippen MR) is 131 cm³/mol. The second-order valence-electron chi connectivity index (χ2n) is 9.15. The van der Waals surface area contributed by atoms with E-state index >= 15 is 0 Å². The van der Waals surface area contributed by atoms with Crippen molar-refractivity contribution in [3.8, 4) is 5.75 Å². The van der Waals surface area contributed by atoms with Crippen molar-refractivity contribution in [3.63, 3.8) is 0 Å². The number of fused-ring (bicyclic) bond motifs is 1. The SMILES string of the molecule is CC1=Nc2c(c(=O)[nH]n2[C@@H]2CCOC(C)(C)C2)[C@H](c2cccc(OCc3cccnc3)c2)S1. The first-order valence-electron chi connectivity index (χ1n) is 11.2. The molecular weight excluding hydrogens is 436 g/mol. The van der Waals surface area contributed by atoms with E-state index in [1.807, 2.05) is 48.0 Å². The molecule has 172 valence electrons. The quantitative estimate of drug-likeness (QED) is 0.564. The van der Waals surface area contributed by atoms with Gasteiger partial charge in [-0.3, -0.25) is 19.6 Å². The van der Waals surface area contributed by atoms with Crippen LogP contribution in [0.2, 0.25) is 0 Å². The number of rotatable bonds is 5. The standard InChI is InChI=1S/C25H28N4O3S/c1-16-27-23-21(24(30)28-29(23)19-9-11-32-25(2,3)13-19)22(33-16)18-7-4-8-20(12-18)31-15-17-6-5-10-26-14-17/h4-8,10,12,14,19,22H,9,11,13,15H2,1-3H3,(H,28,30)/t19-,22+/m1/s1. The molecule has 0 unspecified atom stereocenters. The van der Waals surface area contributed by atoms with Crippen LogP contribution in [0.25, 0.3) is 0 Å². The van der Waals surface area contributed by atoms with Gasteiger partial charge in [0.15, 0.2) is 5.82 Å². The van der Waals surface area contributed by atoms with Crippen LogP contribution in [0.1, 0.15) is 61.6 Å². The molecule has 2 atom stereocenters. The number of aliphatic imine (C=N–C) groups is 1. The number of thioether (sulfide) groups is 1. The molecule has 33 heavy (non-hydrogen) atoms. The van der Waals surface area contributed by atoms with Crippen molar-refractivity contribution in [2.75, 3.05) is 6.61 Å². The minimum absolute atomic E-state index is 0.0790. The van der Waals surface area contributed by atoms with Gasteiger partial charge in [-0.2, -0.15) is 0 Å². The lowest BCUT2D eigenvalue weighted by atomic mass is 9.94. The molecule has 8 heteroatoms. The van der Waals surface area contributed by atoms with Gasteiger partial charge >= 0.3 is 0 Å². The highest BCUT2D eigenvalue weighted by Crippen LogP contribution is 2.46. The molecule has 1 aromatic carbocycles. The summed E-state index contributed by atoms with van der Waals surface area (Å²) in [5.74, 6) is 1.51. The Morgan fingerprint density at radius 1 is 1.30 bits per heavy atom. The van der Waals surface area contributed by atoms with Crippen molar-refractivity contribution in [1.82, 2.24) is 14.8 Å². The average molecular weight is 465 g/mol. The number of benzene rings is 1. The number of hydrogen-bond acceptors (Lipinski definition) is 6. The van der Waals surface area contributed by atoms with E-state index in [0.29, 0.717) is 18.8 Å². The highest BCUT2D eigenvalue weighted by Gasteiger charge is 2.35. The first kappa shape index (κ1) is 22.0. The summed E-state index contributed by atoms with van der Waals surface area (Å²) >= 11 is 1.61. The maximum Gasteiger partial charge on any atom is 0.271 e. The smallest absolute Gasteiger partial charge is 0.271 e. The van der Waals surface area contributed by atoms with Crippen molar-refractivity contribution in [3.05, 3.63) is 75.8 Å². The largest absolute Gasteiger partial charge is 0.489 e. The van der Waals surface area contributed by atoms with Crippen molar-refractivity contribution in [1.29, 1.82) is 0 Å². The van der Waals surface area contributed by atoms with E-state index in [0.717, 1.165) is 40.6 Å². The Balaban J connectivity index is 1.45. The summed E-state index contributed by atoms with van der Waals surface area (Å²) in [5.41, 5.74) is 2.44. The number of pyridine rings is 1. The van der Waals surface area contributed by atoms with Crippen molar-refractivity contribution in [2.24, 2.45) is 4.99 Å². The Morgan fingerprint density at radius 3 is 2.97 bits per heavy atom. The highest BCUT2D eigenvalue weighted by atomic mass is 32.2. The van der Waals surface area contributed by atoms with Gasteiger partial charge in [0.25, 0.3) is 5.56 Å². The zero-order valence-electron chi connectivity index (χ0n) is 19.1. The fraction of sp³-hybridized carbons (Fsp3) is 0.400. The maximum atomic E-state index is 13.1. The van der Waals surface area contributed by atoms with Crippen LogP contribution in [0.4, 0.5) is 5.82 Å². The maximum absolute atomic E-state index is 13.1. The van der Waals surface area contributed by atoms with Gasteiger partial charge in [-0.05, 0) is 57.4 Å². The molecule has 3 aromatic rings. The minimum atomic E-state index is -0.224. The summed E-state index contributed by atoms with van der Waals surface area (Å²) in [6.07, 6.45) is 5.22. The molecule has 2 aliphatic rings. The van der Waals surface area contributed by atoms with E-state index in [1.165, 1.54) is 0 Å². The zero-order valence-corrected chi connectivity index (χ0v) is 19.9. The number of hydrogen-bond donors (Lipinski definition) is 1. The third kappa shape index (κ3) is 4.63. The molecule has 5 rings (SSSR count). The van der Waals surface area contributed by atoms with E-state index < -0.39 is 0 Å². The van der Waals surface area contributed by atoms with E-state index in [1.54, 1.807) is 24.2 Å². The molecule has 0 aliphatic carbocycles. The molecule has 1 fully saturated rings. The second-order valence-corrected chi connectivity index (χ2v) is 10.5. The molecule has 0 spiro atoms. The fourth-order valence-electron chi connectivity index (χ4n) is 4.55. The van der Waals surface area contributed by atoms with E-state index in [-0.39, 0.29) is 22.5 Å². The Hall–Kier alpha value is -2.84. The number of aromatic nitrogens is 3. The minimum Gasteiger partial charge on any atom is -0.489 e. The van der Waals surface area contributed by atoms with Gasteiger partial charge < -0.3 is 9.47 Å². The first-order valence-corrected chi connectivity index (χ1v) is 12.1. The molecule has 1 saturated heterocycles. The van der Waals surface area contributed by atoms with Gasteiger partial charge in [-0.25, -0.2) is 4.99 Å². The summed E-state index contributed by atoms with van der Waals surface area (Å²) in [6, 6.07) is 12.0. The molecule has 0 saturated carbocycles.